The lowest BCUT2D eigenvalue weighted by Crippen LogP contribution is -2.06. The van der Waals surface area contributed by atoms with Crippen molar-refractivity contribution < 1.29 is 0 Å². The molecule has 0 aromatic carbocycles. The van der Waals surface area contributed by atoms with E-state index in [1.807, 2.05) is 0 Å². The van der Waals surface area contributed by atoms with Gasteiger partial charge in [-0.15, -0.1) is 0 Å². The summed E-state index contributed by atoms with van der Waals surface area (Å²) in [7, 11) is 0. The molecule has 110 valence electrons. The highest BCUT2D eigenvalue weighted by Crippen LogP contribution is 2.15. The summed E-state index contributed by atoms with van der Waals surface area (Å²) < 4.78 is 2.17. The van der Waals surface area contributed by atoms with Gasteiger partial charge in [0.1, 0.15) is 0 Å². The minimum absolute atomic E-state index is 0.713. The zero-order valence-corrected chi connectivity index (χ0v) is 13.0. The lowest BCUT2D eigenvalue weighted by molar-refractivity contribution is 0.514. The molecular formula is C16H31N3. The number of nitrogens with two attached hydrogens (primary N) is 1. The first-order chi connectivity index (χ1) is 9.20. The van der Waals surface area contributed by atoms with Crippen molar-refractivity contribution in [2.45, 2.75) is 78.7 Å². The molecule has 1 rings (SSSR count). The van der Waals surface area contributed by atoms with Crippen molar-refractivity contribution in [2.75, 3.05) is 6.54 Å². The van der Waals surface area contributed by atoms with Crippen LogP contribution in [0.5, 0.6) is 0 Å². The Morgan fingerprint density at radius 1 is 1.00 bits per heavy atom. The van der Waals surface area contributed by atoms with Gasteiger partial charge in [0.15, 0.2) is 0 Å². The fraction of sp³-hybridized carbons (Fsp3) is 0.812. The van der Waals surface area contributed by atoms with Gasteiger partial charge in [-0.25, -0.2) is 0 Å². The Balaban J connectivity index is 2.28. The van der Waals surface area contributed by atoms with Crippen molar-refractivity contribution >= 4 is 0 Å². The van der Waals surface area contributed by atoms with E-state index < -0.39 is 0 Å². The average Bonchev–Trinajstić information content (AvgIpc) is 2.66. The molecule has 0 fully saturated rings. The predicted molar refractivity (Wildman–Crippen MR) is 82.5 cm³/mol. The molecule has 19 heavy (non-hydrogen) atoms. The van der Waals surface area contributed by atoms with Gasteiger partial charge in [0.05, 0.1) is 5.69 Å². The number of hydrogen-bond acceptors (Lipinski definition) is 2. The van der Waals surface area contributed by atoms with Crippen molar-refractivity contribution in [3.05, 3.63) is 17.0 Å². The highest BCUT2D eigenvalue weighted by Gasteiger charge is 2.09. The van der Waals surface area contributed by atoms with Crippen LogP contribution in [0.15, 0.2) is 0 Å². The number of aromatic nitrogens is 2. The maximum Gasteiger partial charge on any atom is 0.0628 e. The highest BCUT2D eigenvalue weighted by atomic mass is 15.3. The summed E-state index contributed by atoms with van der Waals surface area (Å²) in [5, 5.41) is 4.64. The lowest BCUT2D eigenvalue weighted by Gasteiger charge is -2.05. The summed E-state index contributed by atoms with van der Waals surface area (Å²) in [6.45, 7) is 8.31. The Kier molecular flexibility index (Phi) is 7.80. The standard InChI is InChI=1S/C16H31N3/c1-4-5-6-7-8-9-10-13-19-15(3)16(11-12-17)14(2)18-19/h4-13,17H2,1-3H3. The fourth-order valence-electron chi connectivity index (χ4n) is 2.68. The first kappa shape index (κ1) is 16.2. The number of aryl methyl sites for hydroxylation is 2. The summed E-state index contributed by atoms with van der Waals surface area (Å²) in [5.74, 6) is 0. The maximum atomic E-state index is 5.65. The largest absolute Gasteiger partial charge is 0.330 e. The normalized spacial score (nSPS) is 11.2. The summed E-state index contributed by atoms with van der Waals surface area (Å²) in [5.41, 5.74) is 9.47. The second-order valence-corrected chi connectivity index (χ2v) is 5.53. The van der Waals surface area contributed by atoms with Crippen molar-refractivity contribution in [3.8, 4) is 0 Å². The van der Waals surface area contributed by atoms with E-state index in [-0.39, 0.29) is 0 Å². The van der Waals surface area contributed by atoms with Crippen LogP contribution in [0.4, 0.5) is 0 Å². The third kappa shape index (κ3) is 5.35. The predicted octanol–water partition coefficient (Wildman–Crippen LogP) is 3.75. The van der Waals surface area contributed by atoms with Gasteiger partial charge in [-0.2, -0.15) is 5.10 Å². The third-order valence-electron chi connectivity index (χ3n) is 3.90. The highest BCUT2D eigenvalue weighted by molar-refractivity contribution is 5.24. The first-order valence-electron chi connectivity index (χ1n) is 7.93. The van der Waals surface area contributed by atoms with E-state index in [9.17, 15) is 0 Å². The van der Waals surface area contributed by atoms with Crippen LogP contribution in [-0.2, 0) is 13.0 Å². The molecule has 0 aliphatic rings. The summed E-state index contributed by atoms with van der Waals surface area (Å²) in [6.07, 6.45) is 10.4. The minimum atomic E-state index is 0.713. The number of rotatable bonds is 10. The Morgan fingerprint density at radius 2 is 1.63 bits per heavy atom. The van der Waals surface area contributed by atoms with Crippen LogP contribution in [-0.4, -0.2) is 16.3 Å². The van der Waals surface area contributed by atoms with Crippen LogP contribution in [0.1, 0.15) is 68.8 Å². The fourth-order valence-corrected chi connectivity index (χ4v) is 2.68. The van der Waals surface area contributed by atoms with Gasteiger partial charge in [0, 0.05) is 12.2 Å². The van der Waals surface area contributed by atoms with Crippen molar-refractivity contribution in [2.24, 2.45) is 5.73 Å². The Hall–Kier alpha value is -0.830. The maximum absolute atomic E-state index is 5.65. The second kappa shape index (κ2) is 9.13. The van der Waals surface area contributed by atoms with E-state index in [4.69, 9.17) is 5.73 Å². The van der Waals surface area contributed by atoms with E-state index in [0.29, 0.717) is 6.54 Å². The molecule has 3 nitrogen and oxygen atoms in total. The molecule has 0 saturated carbocycles. The molecule has 1 aromatic heterocycles. The van der Waals surface area contributed by atoms with Crippen LogP contribution in [0.25, 0.3) is 0 Å². The Bertz CT molecular complexity index is 355. The molecule has 2 N–H and O–H groups in total. The summed E-state index contributed by atoms with van der Waals surface area (Å²) >= 11 is 0. The number of unbranched alkanes of at least 4 members (excludes halogenated alkanes) is 6. The molecule has 3 heteroatoms. The molecule has 0 aliphatic heterocycles. The van der Waals surface area contributed by atoms with Crippen molar-refractivity contribution in [3.63, 3.8) is 0 Å². The molecule has 0 saturated heterocycles. The first-order valence-corrected chi connectivity index (χ1v) is 7.93. The third-order valence-corrected chi connectivity index (χ3v) is 3.90. The molecule has 0 atom stereocenters. The molecule has 1 aromatic rings. The quantitative estimate of drug-likeness (QED) is 0.655. The minimum Gasteiger partial charge on any atom is -0.330 e. The molecule has 0 amide bonds. The summed E-state index contributed by atoms with van der Waals surface area (Å²) in [6, 6.07) is 0. The van der Waals surface area contributed by atoms with Crippen molar-refractivity contribution in [1.29, 1.82) is 0 Å². The topological polar surface area (TPSA) is 43.8 Å². The molecule has 1 heterocycles. The van der Waals surface area contributed by atoms with Crippen LogP contribution < -0.4 is 5.73 Å². The zero-order valence-electron chi connectivity index (χ0n) is 13.0. The van der Waals surface area contributed by atoms with E-state index >= 15 is 0 Å². The van der Waals surface area contributed by atoms with E-state index in [1.165, 1.54) is 56.2 Å². The van der Waals surface area contributed by atoms with E-state index in [2.05, 4.69) is 30.6 Å². The van der Waals surface area contributed by atoms with Gasteiger partial charge in [-0.1, -0.05) is 45.4 Å². The van der Waals surface area contributed by atoms with Gasteiger partial charge < -0.3 is 5.73 Å². The van der Waals surface area contributed by atoms with Crippen LogP contribution in [0.3, 0.4) is 0 Å². The van der Waals surface area contributed by atoms with Gasteiger partial charge in [0.25, 0.3) is 0 Å². The zero-order chi connectivity index (χ0) is 14.1. The van der Waals surface area contributed by atoms with Crippen LogP contribution in [0.2, 0.25) is 0 Å². The lowest BCUT2D eigenvalue weighted by atomic mass is 10.1. The van der Waals surface area contributed by atoms with Crippen molar-refractivity contribution in [1.82, 2.24) is 9.78 Å². The van der Waals surface area contributed by atoms with Gasteiger partial charge in [0.2, 0.25) is 0 Å². The van der Waals surface area contributed by atoms with Gasteiger partial charge in [-0.3, -0.25) is 4.68 Å². The number of nitrogens with zero attached hydrogens (tertiary/aromatic N) is 2. The average molecular weight is 265 g/mol. The molecule has 0 radical (unpaired) electrons. The monoisotopic (exact) mass is 265 g/mol. The molecule has 0 aliphatic carbocycles. The molecule has 0 bridgehead atoms. The molecular weight excluding hydrogens is 234 g/mol. The molecule has 0 spiro atoms. The SMILES string of the molecule is CCCCCCCCCn1nc(C)c(CCN)c1C. The van der Waals surface area contributed by atoms with Crippen LogP contribution >= 0.6 is 0 Å². The summed E-state index contributed by atoms with van der Waals surface area (Å²) in [4.78, 5) is 0. The van der Waals surface area contributed by atoms with Crippen LogP contribution in [0, 0.1) is 13.8 Å². The van der Waals surface area contributed by atoms with E-state index in [0.717, 1.165) is 18.7 Å². The second-order valence-electron chi connectivity index (χ2n) is 5.53. The number of hydrogen-bond donors (Lipinski definition) is 1. The Labute approximate surface area is 118 Å². The Morgan fingerprint density at radius 3 is 2.26 bits per heavy atom. The smallest absolute Gasteiger partial charge is 0.0628 e. The van der Waals surface area contributed by atoms with E-state index in [1.54, 1.807) is 0 Å². The van der Waals surface area contributed by atoms with Gasteiger partial charge in [-0.05, 0) is 38.8 Å². The molecule has 0 unspecified atom stereocenters. The van der Waals surface area contributed by atoms with Gasteiger partial charge >= 0.3 is 0 Å².